The van der Waals surface area contributed by atoms with Crippen LogP contribution >= 0.6 is 0 Å². The van der Waals surface area contributed by atoms with Gasteiger partial charge in [0.25, 0.3) is 5.69 Å². The molecule has 2 aromatic rings. The summed E-state index contributed by atoms with van der Waals surface area (Å²) >= 11 is 0. The molecule has 0 aliphatic rings. The first-order valence-corrected chi connectivity index (χ1v) is 6.29. The van der Waals surface area contributed by atoms with Gasteiger partial charge in [0.1, 0.15) is 11.5 Å². The number of halogens is 1. The molecule has 0 aromatic heterocycles. The smallest absolute Gasteiger partial charge is 0.316 e. The van der Waals surface area contributed by atoms with E-state index < -0.39 is 16.8 Å². The number of hydrogen-bond acceptors (Lipinski definition) is 4. The molecular formula is C14H13FN4O3. The van der Waals surface area contributed by atoms with Crippen molar-refractivity contribution < 1.29 is 14.1 Å². The molecule has 0 aliphatic heterocycles. The number of nitrogens with two attached hydrogens (primary N) is 1. The summed E-state index contributed by atoms with van der Waals surface area (Å²) in [6.07, 6.45) is 0. The van der Waals surface area contributed by atoms with E-state index in [1.54, 1.807) is 24.3 Å². The Hall–Kier alpha value is -3.16. The number of hydrogen-bond donors (Lipinski definition) is 3. The van der Waals surface area contributed by atoms with Crippen LogP contribution in [-0.2, 0) is 6.54 Å². The Bertz CT molecular complexity index is 704. The van der Waals surface area contributed by atoms with Crippen molar-refractivity contribution >= 4 is 23.1 Å². The molecule has 0 saturated carbocycles. The maximum absolute atomic E-state index is 13.2. The normalized spacial score (nSPS) is 10.0. The van der Waals surface area contributed by atoms with Gasteiger partial charge in [0, 0.05) is 24.4 Å². The Labute approximate surface area is 125 Å². The highest BCUT2D eigenvalue weighted by molar-refractivity contribution is 5.87. The highest BCUT2D eigenvalue weighted by Gasteiger charge is 2.13. The van der Waals surface area contributed by atoms with Gasteiger partial charge in [0.2, 0.25) is 0 Å². The minimum Gasteiger partial charge on any atom is -0.375 e. The van der Waals surface area contributed by atoms with Gasteiger partial charge < -0.3 is 16.4 Å². The number of nitrogens with one attached hydrogen (secondary N) is 2. The van der Waals surface area contributed by atoms with Gasteiger partial charge in [-0.15, -0.1) is 0 Å². The van der Waals surface area contributed by atoms with Crippen LogP contribution in [0.5, 0.6) is 0 Å². The second-order valence-electron chi connectivity index (χ2n) is 4.46. The number of urea groups is 1. The number of primary amides is 1. The van der Waals surface area contributed by atoms with E-state index in [2.05, 4.69) is 10.6 Å². The number of amides is 2. The molecule has 0 spiro atoms. The minimum atomic E-state index is -0.665. The maximum Gasteiger partial charge on any atom is 0.316 e. The molecule has 0 bridgehead atoms. The molecule has 8 heteroatoms. The van der Waals surface area contributed by atoms with E-state index >= 15 is 0 Å². The Kier molecular flexibility index (Phi) is 4.52. The summed E-state index contributed by atoms with van der Waals surface area (Å²) in [4.78, 5) is 21.0. The molecule has 2 rings (SSSR count). The molecule has 0 unspecified atom stereocenters. The molecule has 2 aromatic carbocycles. The van der Waals surface area contributed by atoms with E-state index in [0.29, 0.717) is 5.69 Å². The van der Waals surface area contributed by atoms with Gasteiger partial charge in [-0.25, -0.2) is 9.18 Å². The molecule has 0 atom stereocenters. The van der Waals surface area contributed by atoms with Gasteiger partial charge in [-0.05, 0) is 23.8 Å². The molecule has 0 fully saturated rings. The summed E-state index contributed by atoms with van der Waals surface area (Å²) in [5, 5.41) is 16.1. The monoisotopic (exact) mass is 304 g/mol. The average Bonchev–Trinajstić information content (AvgIpc) is 2.45. The average molecular weight is 304 g/mol. The second-order valence-corrected chi connectivity index (χ2v) is 4.46. The lowest BCUT2D eigenvalue weighted by Crippen LogP contribution is -2.19. The predicted octanol–water partition coefficient (Wildman–Crippen LogP) is 2.84. The largest absolute Gasteiger partial charge is 0.375 e. The van der Waals surface area contributed by atoms with Crippen LogP contribution in [0.3, 0.4) is 0 Å². The second kappa shape index (κ2) is 6.53. The first-order chi connectivity index (χ1) is 10.5. The fraction of sp³-hybridized carbons (Fsp3) is 0.0714. The molecule has 2 amide bonds. The molecule has 0 aliphatic carbocycles. The highest BCUT2D eigenvalue weighted by Crippen LogP contribution is 2.25. The first-order valence-electron chi connectivity index (χ1n) is 6.29. The van der Waals surface area contributed by atoms with Crippen molar-refractivity contribution in [3.05, 3.63) is 64.0 Å². The van der Waals surface area contributed by atoms with Crippen LogP contribution in [0.4, 0.5) is 26.2 Å². The van der Waals surface area contributed by atoms with Gasteiger partial charge in [-0.2, -0.15) is 0 Å². The first kappa shape index (κ1) is 15.2. The number of benzene rings is 2. The van der Waals surface area contributed by atoms with E-state index in [4.69, 9.17) is 5.73 Å². The van der Waals surface area contributed by atoms with Crippen LogP contribution in [0, 0.1) is 15.9 Å². The van der Waals surface area contributed by atoms with Crippen LogP contribution in [0.2, 0.25) is 0 Å². The summed E-state index contributed by atoms with van der Waals surface area (Å²) in [6, 6.07) is 9.25. The summed E-state index contributed by atoms with van der Waals surface area (Å²) < 4.78 is 13.2. The Morgan fingerprint density at radius 1 is 1.23 bits per heavy atom. The van der Waals surface area contributed by atoms with Gasteiger partial charge in [0.15, 0.2) is 0 Å². The number of carbonyl (C=O) groups excluding carboxylic acids is 1. The number of nitro benzene ring substituents is 1. The summed E-state index contributed by atoms with van der Waals surface area (Å²) in [5.41, 5.74) is 6.23. The zero-order valence-corrected chi connectivity index (χ0v) is 11.4. The third-order valence-electron chi connectivity index (χ3n) is 2.86. The van der Waals surface area contributed by atoms with E-state index in [1.165, 1.54) is 0 Å². The fourth-order valence-corrected chi connectivity index (χ4v) is 1.85. The number of nitro groups is 1. The van der Waals surface area contributed by atoms with Crippen molar-refractivity contribution in [2.24, 2.45) is 5.73 Å². The Morgan fingerprint density at radius 3 is 2.50 bits per heavy atom. The Morgan fingerprint density at radius 2 is 1.91 bits per heavy atom. The van der Waals surface area contributed by atoms with Crippen LogP contribution in [0.1, 0.15) is 5.56 Å². The van der Waals surface area contributed by atoms with Crippen molar-refractivity contribution in [1.82, 2.24) is 0 Å². The van der Waals surface area contributed by atoms with E-state index in [1.807, 2.05) is 0 Å². The van der Waals surface area contributed by atoms with Crippen molar-refractivity contribution in [2.45, 2.75) is 6.54 Å². The fourth-order valence-electron chi connectivity index (χ4n) is 1.85. The topological polar surface area (TPSA) is 110 Å². The van der Waals surface area contributed by atoms with Crippen LogP contribution in [-0.4, -0.2) is 11.0 Å². The highest BCUT2D eigenvalue weighted by atomic mass is 19.1. The van der Waals surface area contributed by atoms with Crippen molar-refractivity contribution in [1.29, 1.82) is 0 Å². The third-order valence-corrected chi connectivity index (χ3v) is 2.86. The summed E-state index contributed by atoms with van der Waals surface area (Å²) in [7, 11) is 0. The Balaban J connectivity index is 2.08. The predicted molar refractivity (Wildman–Crippen MR) is 80.0 cm³/mol. The van der Waals surface area contributed by atoms with E-state index in [-0.39, 0.29) is 17.9 Å². The van der Waals surface area contributed by atoms with Crippen LogP contribution in [0.25, 0.3) is 0 Å². The maximum atomic E-state index is 13.2. The zero-order valence-electron chi connectivity index (χ0n) is 11.4. The van der Waals surface area contributed by atoms with Gasteiger partial charge in [0.05, 0.1) is 4.92 Å². The molecule has 0 saturated heterocycles. The number of anilines is 2. The van der Waals surface area contributed by atoms with Crippen molar-refractivity contribution in [3.8, 4) is 0 Å². The molecular weight excluding hydrogens is 291 g/mol. The molecule has 7 nitrogen and oxygen atoms in total. The molecule has 0 radical (unpaired) electrons. The number of rotatable bonds is 5. The standard InChI is InChI=1S/C14H13FN4O3/c15-10-3-6-13(19(21)22)12(7-10)17-8-9-1-4-11(5-2-9)18-14(16)20/h1-7,17H,8H2,(H3,16,18,20). The van der Waals surface area contributed by atoms with Crippen molar-refractivity contribution in [2.75, 3.05) is 10.6 Å². The third kappa shape index (κ3) is 3.92. The van der Waals surface area contributed by atoms with Gasteiger partial charge in [-0.1, -0.05) is 12.1 Å². The van der Waals surface area contributed by atoms with Crippen LogP contribution < -0.4 is 16.4 Å². The van der Waals surface area contributed by atoms with Gasteiger partial charge >= 0.3 is 6.03 Å². The molecule has 114 valence electrons. The minimum absolute atomic E-state index is 0.101. The molecule has 0 heterocycles. The van der Waals surface area contributed by atoms with E-state index in [9.17, 15) is 19.3 Å². The number of nitrogens with zero attached hydrogens (tertiary/aromatic N) is 1. The quantitative estimate of drug-likeness (QED) is 0.582. The molecule has 4 N–H and O–H groups in total. The lowest BCUT2D eigenvalue weighted by Gasteiger charge is -2.08. The zero-order chi connectivity index (χ0) is 16.1. The SMILES string of the molecule is NC(=O)Nc1ccc(CNc2cc(F)ccc2[N+](=O)[O-])cc1. The van der Waals surface area contributed by atoms with E-state index in [0.717, 1.165) is 23.8 Å². The summed E-state index contributed by atoms with van der Waals surface area (Å²) in [6.45, 7) is 0.265. The molecule has 22 heavy (non-hydrogen) atoms. The van der Waals surface area contributed by atoms with Gasteiger partial charge in [-0.3, -0.25) is 10.1 Å². The lowest BCUT2D eigenvalue weighted by atomic mass is 10.2. The van der Waals surface area contributed by atoms with Crippen molar-refractivity contribution in [3.63, 3.8) is 0 Å². The lowest BCUT2D eigenvalue weighted by molar-refractivity contribution is -0.384. The summed E-state index contributed by atoms with van der Waals surface area (Å²) in [5.74, 6) is -0.561. The van der Waals surface area contributed by atoms with Crippen LogP contribution in [0.15, 0.2) is 42.5 Å². The number of carbonyl (C=O) groups is 1.